The van der Waals surface area contributed by atoms with E-state index in [-0.39, 0.29) is 0 Å². The lowest BCUT2D eigenvalue weighted by atomic mass is 9.77. The molecule has 4 aromatic heterocycles. The second-order valence-electron chi connectivity index (χ2n) is 11.7. The number of imidazole rings is 1. The highest BCUT2D eigenvalue weighted by atomic mass is 32.2. The third-order valence-electron chi connectivity index (χ3n) is 8.89. The molecule has 1 amide bonds. The number of aromatic nitrogens is 4. The summed E-state index contributed by atoms with van der Waals surface area (Å²) in [7, 11) is 0. The van der Waals surface area contributed by atoms with Gasteiger partial charge in [0.1, 0.15) is 23.0 Å². The molecule has 8 aromatic rings. The third-order valence-corrected chi connectivity index (χ3v) is 11.1. The number of carboxylic acid groups (broad SMARTS) is 1. The Balaban J connectivity index is 1.40. The van der Waals surface area contributed by atoms with Crippen molar-refractivity contribution in [3.05, 3.63) is 175 Å². The number of pyridine rings is 1. The highest BCUT2D eigenvalue weighted by Crippen LogP contribution is 2.43. The van der Waals surface area contributed by atoms with Crippen LogP contribution in [-0.2, 0) is 5.54 Å². The number of hydrogen-bond donors (Lipinski definition) is 1. The first-order chi connectivity index (χ1) is 24.5. The third kappa shape index (κ3) is 5.56. The van der Waals surface area contributed by atoms with Crippen molar-refractivity contribution in [3.63, 3.8) is 0 Å². The van der Waals surface area contributed by atoms with Gasteiger partial charge in [-0.25, -0.2) is 4.98 Å². The van der Waals surface area contributed by atoms with Crippen LogP contribution in [0.5, 0.6) is 0 Å². The summed E-state index contributed by atoms with van der Waals surface area (Å²) in [5.41, 5.74) is 8.08. The van der Waals surface area contributed by atoms with Crippen LogP contribution < -0.4 is 10.4 Å². The van der Waals surface area contributed by atoms with Crippen molar-refractivity contribution >= 4 is 40.5 Å². The summed E-state index contributed by atoms with van der Waals surface area (Å²) >= 11 is 3.48. The van der Waals surface area contributed by atoms with E-state index in [0.717, 1.165) is 55.3 Å². The number of fused-ring (bicyclic) bond motifs is 1. The molecule has 0 fully saturated rings. The molecule has 4 heterocycles. The highest BCUT2D eigenvalue weighted by Gasteiger charge is 2.40. The fraction of sp³-hybridized carbons (Fsp3) is 0.0488. The van der Waals surface area contributed by atoms with Crippen LogP contribution in [0.25, 0.3) is 38.6 Å². The van der Waals surface area contributed by atoms with E-state index in [9.17, 15) is 9.90 Å². The van der Waals surface area contributed by atoms with Gasteiger partial charge in [0, 0.05) is 34.8 Å². The van der Waals surface area contributed by atoms with Gasteiger partial charge in [-0.3, -0.25) is 9.08 Å². The molecule has 0 spiro atoms. The largest absolute Gasteiger partial charge is 0.530 e. The quantitative estimate of drug-likeness (QED) is 0.121. The molecule has 0 radical (unpaired) electrons. The highest BCUT2D eigenvalue weighted by molar-refractivity contribution is 8.00. The van der Waals surface area contributed by atoms with E-state index in [2.05, 4.69) is 124 Å². The minimum absolute atomic E-state index is 0.423. The normalized spacial score (nSPS) is 11.5. The minimum Gasteiger partial charge on any atom is -0.530 e. The molecular weight excluding hydrogens is 659 g/mol. The van der Waals surface area contributed by atoms with Gasteiger partial charge in [0.25, 0.3) is 0 Å². The van der Waals surface area contributed by atoms with E-state index in [0.29, 0.717) is 5.69 Å². The van der Waals surface area contributed by atoms with Gasteiger partial charge in [-0.2, -0.15) is 5.10 Å². The minimum atomic E-state index is -1.36. The molecule has 0 saturated heterocycles. The van der Waals surface area contributed by atoms with E-state index in [1.165, 1.54) is 4.21 Å². The Morgan fingerprint density at radius 1 is 0.740 bits per heavy atom. The maximum Gasteiger partial charge on any atom is 0.138 e. The van der Waals surface area contributed by atoms with Gasteiger partial charge in [0.15, 0.2) is 0 Å². The lowest BCUT2D eigenvalue weighted by molar-refractivity contribution is -0.242. The summed E-state index contributed by atoms with van der Waals surface area (Å²) in [5, 5.41) is 19.1. The molecule has 0 bridgehead atoms. The molecule has 4 aromatic carbocycles. The van der Waals surface area contributed by atoms with Crippen molar-refractivity contribution in [2.45, 2.75) is 9.75 Å². The summed E-state index contributed by atoms with van der Waals surface area (Å²) in [6, 6.07) is 47.0. The monoisotopic (exact) mass is 688 g/mol. The first-order valence-corrected chi connectivity index (χ1v) is 18.1. The van der Waals surface area contributed by atoms with Gasteiger partial charge in [-0.15, -0.1) is 23.1 Å². The number of thiophene rings is 1. The standard InChI is InChI=1S/C41H31N5O2S2/c1-49-38-24-22-36(50-38)35-25-42-37-23-19-29(26-45(35)37)34-27-46(44-39(34)28-17-20-33(21-18-28)43-40(47)48)41(30-11-5-2-6-12-30,31-13-7-3-8-14-31)32-15-9-4-10-16-32/h2-27,43H,1H3,(H,47,48)/p-1. The fourth-order valence-electron chi connectivity index (χ4n) is 6.62. The Hall–Kier alpha value is -5.90. The molecule has 9 heteroatoms. The number of hydrogen-bond acceptors (Lipinski definition) is 6. The SMILES string of the molecule is CSc1ccc(-c2cnc3ccc(-c4cn(C(c5ccccc5)(c5ccccc5)c5ccccc5)nc4-c4ccc(NC(=O)[O-])cc4)cn23)s1. The van der Waals surface area contributed by atoms with Crippen molar-refractivity contribution < 1.29 is 9.90 Å². The zero-order chi connectivity index (χ0) is 34.1. The van der Waals surface area contributed by atoms with E-state index in [1.807, 2.05) is 42.6 Å². The Bertz CT molecular complexity index is 2320. The lowest BCUT2D eigenvalue weighted by Crippen LogP contribution is -2.38. The number of carbonyl (C=O) groups excluding carboxylic acids is 1. The molecular formula is C41H30N5O2S2-. The first kappa shape index (κ1) is 31.4. The maximum absolute atomic E-state index is 11.3. The van der Waals surface area contributed by atoms with Crippen molar-refractivity contribution in [1.29, 1.82) is 0 Å². The molecule has 0 aliphatic rings. The Labute approximate surface area is 297 Å². The van der Waals surface area contributed by atoms with Gasteiger partial charge < -0.3 is 15.2 Å². The van der Waals surface area contributed by atoms with Crippen molar-refractivity contribution in [3.8, 4) is 33.0 Å². The number of anilines is 1. The van der Waals surface area contributed by atoms with Gasteiger partial charge in [0.05, 0.1) is 21.0 Å². The first-order valence-electron chi connectivity index (χ1n) is 16.0. The average Bonchev–Trinajstić information content (AvgIpc) is 3.92. The Morgan fingerprint density at radius 3 is 1.90 bits per heavy atom. The van der Waals surface area contributed by atoms with Gasteiger partial charge in [-0.05, 0) is 59.3 Å². The number of thioether (sulfide) groups is 1. The van der Waals surface area contributed by atoms with E-state index >= 15 is 0 Å². The second kappa shape index (κ2) is 13.2. The Morgan fingerprint density at radius 2 is 1.34 bits per heavy atom. The van der Waals surface area contributed by atoms with Crippen LogP contribution in [-0.4, -0.2) is 31.5 Å². The molecule has 0 aliphatic heterocycles. The summed E-state index contributed by atoms with van der Waals surface area (Å²) in [5.74, 6) is 0. The molecule has 0 aliphatic carbocycles. The molecule has 0 saturated carbocycles. The zero-order valence-electron chi connectivity index (χ0n) is 26.9. The van der Waals surface area contributed by atoms with Crippen LogP contribution in [0.2, 0.25) is 0 Å². The summed E-state index contributed by atoms with van der Waals surface area (Å²) in [6.45, 7) is 0. The number of nitrogens with zero attached hydrogens (tertiary/aromatic N) is 4. The molecule has 244 valence electrons. The average molecular weight is 689 g/mol. The number of nitrogens with one attached hydrogen (secondary N) is 1. The van der Waals surface area contributed by atoms with Crippen LogP contribution in [0.1, 0.15) is 16.7 Å². The molecule has 8 rings (SSSR count). The number of amides is 1. The van der Waals surface area contributed by atoms with E-state index in [1.54, 1.807) is 35.2 Å². The van der Waals surface area contributed by atoms with Gasteiger partial charge >= 0.3 is 0 Å². The molecule has 1 N–H and O–H groups in total. The molecule has 50 heavy (non-hydrogen) atoms. The van der Waals surface area contributed by atoms with Crippen LogP contribution in [0.3, 0.4) is 0 Å². The zero-order valence-corrected chi connectivity index (χ0v) is 28.6. The number of rotatable bonds is 9. The summed E-state index contributed by atoms with van der Waals surface area (Å²) in [6.07, 6.45) is 6.91. The van der Waals surface area contributed by atoms with Crippen LogP contribution in [0, 0.1) is 0 Å². The molecule has 7 nitrogen and oxygen atoms in total. The smallest absolute Gasteiger partial charge is 0.138 e. The lowest BCUT2D eigenvalue weighted by Gasteiger charge is -2.36. The van der Waals surface area contributed by atoms with Gasteiger partial charge in [-0.1, -0.05) is 103 Å². The summed E-state index contributed by atoms with van der Waals surface area (Å²) < 4.78 is 5.46. The van der Waals surface area contributed by atoms with Gasteiger partial charge in [0.2, 0.25) is 0 Å². The predicted octanol–water partition coefficient (Wildman–Crippen LogP) is 8.91. The van der Waals surface area contributed by atoms with Crippen molar-refractivity contribution in [2.24, 2.45) is 0 Å². The molecule has 0 atom stereocenters. The number of carbonyl (C=O) groups is 1. The van der Waals surface area contributed by atoms with Crippen molar-refractivity contribution in [1.82, 2.24) is 19.2 Å². The maximum atomic E-state index is 11.3. The fourth-order valence-corrected chi connectivity index (χ4v) is 8.18. The Kier molecular flexibility index (Phi) is 8.28. The molecule has 0 unspecified atom stereocenters. The van der Waals surface area contributed by atoms with Crippen molar-refractivity contribution in [2.75, 3.05) is 11.6 Å². The summed E-state index contributed by atoms with van der Waals surface area (Å²) in [4.78, 5) is 17.1. The van der Waals surface area contributed by atoms with E-state index < -0.39 is 11.6 Å². The topological polar surface area (TPSA) is 87.3 Å². The van der Waals surface area contributed by atoms with Crippen LogP contribution in [0.4, 0.5) is 10.5 Å². The predicted molar refractivity (Wildman–Crippen MR) is 201 cm³/mol. The second-order valence-corrected chi connectivity index (χ2v) is 13.9. The van der Waals surface area contributed by atoms with Crippen LogP contribution in [0.15, 0.2) is 162 Å². The van der Waals surface area contributed by atoms with Crippen LogP contribution >= 0.6 is 23.1 Å². The van der Waals surface area contributed by atoms with E-state index in [4.69, 9.17) is 10.1 Å². The number of benzene rings is 4.